The molecule has 2 aromatic carbocycles. The van der Waals surface area contributed by atoms with E-state index >= 15 is 0 Å². The zero-order chi connectivity index (χ0) is 23.9. The van der Waals surface area contributed by atoms with Gasteiger partial charge in [-0.2, -0.15) is 0 Å². The molecule has 4 rings (SSSR count). The minimum absolute atomic E-state index is 0.134. The number of carbonyl (C=O) groups excluding carboxylic acids is 3. The Kier molecular flexibility index (Phi) is 7.27. The van der Waals surface area contributed by atoms with Crippen molar-refractivity contribution in [3.63, 3.8) is 0 Å². The number of nitrogens with one attached hydrogen (secondary N) is 3. The Hall–Kier alpha value is -4.07. The molecule has 0 spiro atoms. The highest BCUT2D eigenvalue weighted by Crippen LogP contribution is 2.25. The molecule has 8 nitrogen and oxygen atoms in total. The van der Waals surface area contributed by atoms with Crippen LogP contribution in [0.5, 0.6) is 5.75 Å². The first-order valence-corrected chi connectivity index (χ1v) is 11.3. The molecule has 0 radical (unpaired) electrons. The Bertz CT molecular complexity index is 1220. The van der Waals surface area contributed by atoms with Crippen LogP contribution in [0, 0.1) is 0 Å². The normalized spacial score (nSPS) is 13.9. The number of fused-ring (bicyclic) bond motifs is 1. The number of amides is 3. The van der Waals surface area contributed by atoms with Gasteiger partial charge in [0.25, 0.3) is 11.8 Å². The lowest BCUT2D eigenvalue weighted by Crippen LogP contribution is -2.36. The van der Waals surface area contributed by atoms with Gasteiger partial charge in [0, 0.05) is 54.3 Å². The van der Waals surface area contributed by atoms with Gasteiger partial charge in [0.2, 0.25) is 5.91 Å². The molecule has 0 saturated carbocycles. The zero-order valence-electron chi connectivity index (χ0n) is 19.1. The average Bonchev–Trinajstić information content (AvgIpc) is 3.46. The molecule has 0 unspecified atom stereocenters. The van der Waals surface area contributed by atoms with E-state index in [9.17, 15) is 14.4 Å². The van der Waals surface area contributed by atoms with E-state index in [1.807, 2.05) is 29.2 Å². The van der Waals surface area contributed by atoms with Crippen LogP contribution < -0.4 is 15.4 Å². The molecule has 34 heavy (non-hydrogen) atoms. The van der Waals surface area contributed by atoms with Gasteiger partial charge < -0.3 is 25.3 Å². The summed E-state index contributed by atoms with van der Waals surface area (Å²) in [6.45, 7) is 1.77. The van der Waals surface area contributed by atoms with Crippen LogP contribution in [0.25, 0.3) is 17.0 Å². The molecule has 1 aliphatic rings. The van der Waals surface area contributed by atoms with Crippen LogP contribution in [0.15, 0.2) is 60.4 Å². The quantitative estimate of drug-likeness (QED) is 0.337. The van der Waals surface area contributed by atoms with Crippen molar-refractivity contribution in [1.82, 2.24) is 20.5 Å². The maximum atomic E-state index is 13.0. The SMILES string of the molecule is COc1ccc2[nH]cc(C=C(NC(=O)c3ccccc3)C(=O)NCCCN3CCCC3=O)c2c1. The molecule has 3 N–H and O–H groups in total. The molecule has 1 aromatic heterocycles. The average molecular weight is 461 g/mol. The number of likely N-dealkylation sites (tertiary alicyclic amines) is 1. The van der Waals surface area contributed by atoms with Crippen molar-refractivity contribution in [2.45, 2.75) is 19.3 Å². The van der Waals surface area contributed by atoms with Gasteiger partial charge in [0.1, 0.15) is 11.4 Å². The van der Waals surface area contributed by atoms with Crippen molar-refractivity contribution in [2.24, 2.45) is 0 Å². The lowest BCUT2D eigenvalue weighted by molar-refractivity contribution is -0.127. The molecule has 3 amide bonds. The fraction of sp³-hybridized carbons (Fsp3) is 0.269. The number of H-pyrrole nitrogens is 1. The third-order valence-corrected chi connectivity index (χ3v) is 5.81. The molecule has 1 fully saturated rings. The Labute approximate surface area is 198 Å². The largest absolute Gasteiger partial charge is 0.497 e. The molecular formula is C26H28N4O4. The van der Waals surface area contributed by atoms with Crippen LogP contribution in [0.2, 0.25) is 0 Å². The Morgan fingerprint density at radius 3 is 2.74 bits per heavy atom. The van der Waals surface area contributed by atoms with Crippen molar-refractivity contribution in [1.29, 1.82) is 0 Å². The number of hydrogen-bond donors (Lipinski definition) is 3. The van der Waals surface area contributed by atoms with E-state index in [1.54, 1.807) is 43.6 Å². The van der Waals surface area contributed by atoms with Crippen molar-refractivity contribution in [3.8, 4) is 5.75 Å². The van der Waals surface area contributed by atoms with Gasteiger partial charge in [0.05, 0.1) is 7.11 Å². The minimum Gasteiger partial charge on any atom is -0.497 e. The van der Waals surface area contributed by atoms with Gasteiger partial charge in [-0.1, -0.05) is 18.2 Å². The van der Waals surface area contributed by atoms with Crippen LogP contribution in [0.4, 0.5) is 0 Å². The summed E-state index contributed by atoms with van der Waals surface area (Å²) in [5.74, 6) is 0.0886. The monoisotopic (exact) mass is 460 g/mol. The number of nitrogens with zero attached hydrogens (tertiary/aromatic N) is 1. The second-order valence-electron chi connectivity index (χ2n) is 8.13. The number of hydrogen-bond acceptors (Lipinski definition) is 4. The van der Waals surface area contributed by atoms with Crippen LogP contribution in [-0.2, 0) is 9.59 Å². The standard InChI is InChI=1S/C26H28N4O4/c1-34-20-10-11-22-21(16-20)19(17-28-22)15-23(29-25(32)18-7-3-2-4-8-18)26(33)27-12-6-14-30-13-5-9-24(30)31/h2-4,7-8,10-11,15-17,28H,5-6,9,12-14H2,1H3,(H,27,33)(H,29,32). The van der Waals surface area contributed by atoms with E-state index in [-0.39, 0.29) is 17.5 Å². The van der Waals surface area contributed by atoms with Gasteiger partial charge in [-0.3, -0.25) is 14.4 Å². The molecule has 176 valence electrons. The van der Waals surface area contributed by atoms with Gasteiger partial charge in [0.15, 0.2) is 0 Å². The van der Waals surface area contributed by atoms with E-state index in [2.05, 4.69) is 15.6 Å². The highest BCUT2D eigenvalue weighted by molar-refractivity contribution is 6.06. The van der Waals surface area contributed by atoms with E-state index in [0.29, 0.717) is 37.2 Å². The van der Waals surface area contributed by atoms with Crippen LogP contribution in [0.3, 0.4) is 0 Å². The molecular weight excluding hydrogens is 432 g/mol. The zero-order valence-corrected chi connectivity index (χ0v) is 19.1. The molecule has 0 aliphatic carbocycles. The predicted molar refractivity (Wildman–Crippen MR) is 130 cm³/mol. The van der Waals surface area contributed by atoms with E-state index in [4.69, 9.17) is 4.74 Å². The van der Waals surface area contributed by atoms with E-state index in [1.165, 1.54) is 0 Å². The molecule has 0 atom stereocenters. The summed E-state index contributed by atoms with van der Waals surface area (Å²) < 4.78 is 5.33. The molecule has 8 heteroatoms. The molecule has 0 bridgehead atoms. The van der Waals surface area contributed by atoms with Crippen LogP contribution >= 0.6 is 0 Å². The second-order valence-corrected chi connectivity index (χ2v) is 8.13. The van der Waals surface area contributed by atoms with Gasteiger partial charge in [-0.25, -0.2) is 0 Å². The number of rotatable bonds is 9. The first kappa shape index (κ1) is 23.1. The molecule has 1 saturated heterocycles. The second kappa shape index (κ2) is 10.7. The summed E-state index contributed by atoms with van der Waals surface area (Å²) in [7, 11) is 1.60. The summed E-state index contributed by atoms with van der Waals surface area (Å²) in [4.78, 5) is 42.6. The maximum absolute atomic E-state index is 13.0. The number of benzene rings is 2. The lowest BCUT2D eigenvalue weighted by atomic mass is 10.1. The van der Waals surface area contributed by atoms with Crippen molar-refractivity contribution in [3.05, 3.63) is 71.6 Å². The first-order chi connectivity index (χ1) is 16.5. The van der Waals surface area contributed by atoms with Crippen molar-refractivity contribution in [2.75, 3.05) is 26.7 Å². The Balaban J connectivity index is 1.52. The molecule has 1 aliphatic heterocycles. The fourth-order valence-electron chi connectivity index (χ4n) is 3.97. The van der Waals surface area contributed by atoms with Gasteiger partial charge in [-0.15, -0.1) is 0 Å². The van der Waals surface area contributed by atoms with Gasteiger partial charge in [-0.05, 0) is 49.2 Å². The van der Waals surface area contributed by atoms with E-state index < -0.39 is 5.91 Å². The fourth-order valence-corrected chi connectivity index (χ4v) is 3.97. The summed E-state index contributed by atoms with van der Waals surface area (Å²) >= 11 is 0. The third-order valence-electron chi connectivity index (χ3n) is 5.81. The first-order valence-electron chi connectivity index (χ1n) is 11.3. The maximum Gasteiger partial charge on any atom is 0.267 e. The topological polar surface area (TPSA) is 104 Å². The van der Waals surface area contributed by atoms with Crippen LogP contribution in [-0.4, -0.2) is 54.3 Å². The summed E-state index contributed by atoms with van der Waals surface area (Å²) in [6.07, 6.45) is 5.56. The van der Waals surface area contributed by atoms with E-state index in [0.717, 1.165) is 29.4 Å². The smallest absolute Gasteiger partial charge is 0.267 e. The number of aromatic nitrogens is 1. The number of carbonyl (C=O) groups is 3. The lowest BCUT2D eigenvalue weighted by Gasteiger charge is -2.16. The molecule has 3 aromatic rings. The Morgan fingerprint density at radius 1 is 1.18 bits per heavy atom. The van der Waals surface area contributed by atoms with Crippen molar-refractivity contribution >= 4 is 34.7 Å². The van der Waals surface area contributed by atoms with Crippen molar-refractivity contribution < 1.29 is 19.1 Å². The third kappa shape index (κ3) is 5.46. The number of ether oxygens (including phenoxy) is 1. The Morgan fingerprint density at radius 2 is 2.00 bits per heavy atom. The summed E-state index contributed by atoms with van der Waals surface area (Å²) in [5, 5.41) is 6.49. The highest BCUT2D eigenvalue weighted by Gasteiger charge is 2.20. The summed E-state index contributed by atoms with van der Waals surface area (Å²) in [6, 6.07) is 14.4. The molecule has 2 heterocycles. The van der Waals surface area contributed by atoms with Gasteiger partial charge >= 0.3 is 0 Å². The van der Waals surface area contributed by atoms with Crippen LogP contribution in [0.1, 0.15) is 35.2 Å². The number of methoxy groups -OCH3 is 1. The predicted octanol–water partition coefficient (Wildman–Crippen LogP) is 3.08. The highest BCUT2D eigenvalue weighted by atomic mass is 16.5. The number of aromatic amines is 1. The summed E-state index contributed by atoms with van der Waals surface area (Å²) in [5.41, 5.74) is 2.22. The minimum atomic E-state index is -0.394.